The van der Waals surface area contributed by atoms with Crippen LogP contribution in [-0.4, -0.2) is 29.2 Å². The van der Waals surface area contributed by atoms with Crippen LogP contribution in [0.15, 0.2) is 18.2 Å². The molecule has 0 saturated heterocycles. The van der Waals surface area contributed by atoms with Gasteiger partial charge in [-0.05, 0) is 44.7 Å². The Morgan fingerprint density at radius 3 is 2.50 bits per heavy atom. The van der Waals surface area contributed by atoms with Gasteiger partial charge in [-0.2, -0.15) is 5.26 Å². The third kappa shape index (κ3) is 3.04. The summed E-state index contributed by atoms with van der Waals surface area (Å²) in [5.41, 5.74) is 2.02. The molecule has 0 atom stereocenters. The van der Waals surface area contributed by atoms with Gasteiger partial charge in [-0.15, -0.1) is 0 Å². The molecular formula is C18H22N2O2. The normalized spacial score (nSPS) is 15.5. The Kier molecular flexibility index (Phi) is 4.65. The number of hydrogen-bond donors (Lipinski definition) is 0. The summed E-state index contributed by atoms with van der Waals surface area (Å²) in [7, 11) is 1.67. The Morgan fingerprint density at radius 1 is 1.27 bits per heavy atom. The SMILES string of the molecule is Cc1ccc(C)c(C(=O)CCC(=O)N(C)C2(C#N)CCC2)c1. The molecule has 0 unspecified atom stereocenters. The Morgan fingerprint density at radius 2 is 1.95 bits per heavy atom. The molecule has 1 aliphatic carbocycles. The summed E-state index contributed by atoms with van der Waals surface area (Å²) in [6, 6.07) is 8.02. The van der Waals surface area contributed by atoms with Crippen LogP contribution in [0, 0.1) is 25.2 Å². The molecule has 4 heteroatoms. The Balaban J connectivity index is 1.98. The van der Waals surface area contributed by atoms with Gasteiger partial charge < -0.3 is 4.90 Å². The van der Waals surface area contributed by atoms with Crippen LogP contribution in [-0.2, 0) is 4.79 Å². The standard InChI is InChI=1S/C18H22N2O2/c1-13-5-6-14(2)15(11-13)16(21)7-8-17(22)20(3)18(12-19)9-4-10-18/h5-6,11H,4,7-10H2,1-3H3. The molecule has 0 aliphatic heterocycles. The van der Waals surface area contributed by atoms with Crippen molar-refractivity contribution in [2.75, 3.05) is 7.05 Å². The van der Waals surface area contributed by atoms with Gasteiger partial charge in [0.05, 0.1) is 6.07 Å². The summed E-state index contributed by atoms with van der Waals surface area (Å²) in [6.45, 7) is 3.85. The van der Waals surface area contributed by atoms with Crippen molar-refractivity contribution in [1.82, 2.24) is 4.90 Å². The zero-order chi connectivity index (χ0) is 16.3. The largest absolute Gasteiger partial charge is 0.327 e. The van der Waals surface area contributed by atoms with Crippen LogP contribution in [0.5, 0.6) is 0 Å². The lowest BCUT2D eigenvalue weighted by molar-refractivity contribution is -0.136. The Bertz CT molecular complexity index is 639. The van der Waals surface area contributed by atoms with E-state index in [4.69, 9.17) is 0 Å². The molecule has 1 saturated carbocycles. The van der Waals surface area contributed by atoms with Gasteiger partial charge in [0.15, 0.2) is 5.78 Å². The van der Waals surface area contributed by atoms with Crippen molar-refractivity contribution in [3.8, 4) is 6.07 Å². The molecule has 22 heavy (non-hydrogen) atoms. The summed E-state index contributed by atoms with van der Waals surface area (Å²) in [4.78, 5) is 26.1. The first kappa shape index (κ1) is 16.2. The zero-order valence-electron chi connectivity index (χ0n) is 13.5. The summed E-state index contributed by atoms with van der Waals surface area (Å²) in [5, 5.41) is 9.27. The van der Waals surface area contributed by atoms with Crippen molar-refractivity contribution in [3.63, 3.8) is 0 Å². The average molecular weight is 298 g/mol. The molecule has 4 nitrogen and oxygen atoms in total. The second kappa shape index (κ2) is 6.31. The fourth-order valence-electron chi connectivity index (χ4n) is 2.83. The molecule has 1 fully saturated rings. The molecule has 1 amide bonds. The maximum absolute atomic E-state index is 12.3. The maximum Gasteiger partial charge on any atom is 0.224 e. The van der Waals surface area contributed by atoms with Crippen molar-refractivity contribution in [1.29, 1.82) is 5.26 Å². The number of ketones is 1. The molecular weight excluding hydrogens is 276 g/mol. The number of nitriles is 1. The molecule has 1 aromatic rings. The van der Waals surface area contributed by atoms with E-state index < -0.39 is 5.54 Å². The maximum atomic E-state index is 12.3. The Labute approximate surface area is 131 Å². The quantitative estimate of drug-likeness (QED) is 0.784. The fourth-order valence-corrected chi connectivity index (χ4v) is 2.83. The van der Waals surface area contributed by atoms with E-state index in [0.717, 1.165) is 30.4 Å². The topological polar surface area (TPSA) is 61.2 Å². The lowest BCUT2D eigenvalue weighted by Crippen LogP contribution is -2.53. The van der Waals surface area contributed by atoms with Gasteiger partial charge in [0.2, 0.25) is 5.91 Å². The predicted octanol–water partition coefficient (Wildman–Crippen LogP) is 3.17. The number of nitrogens with zero attached hydrogens (tertiary/aromatic N) is 2. The minimum absolute atomic E-state index is 0.0115. The summed E-state index contributed by atoms with van der Waals surface area (Å²) in [5.74, 6) is -0.137. The van der Waals surface area contributed by atoms with Crippen molar-refractivity contribution in [2.24, 2.45) is 0 Å². The number of benzene rings is 1. The second-order valence-electron chi connectivity index (χ2n) is 6.19. The van der Waals surface area contributed by atoms with Crippen LogP contribution >= 0.6 is 0 Å². The van der Waals surface area contributed by atoms with Crippen LogP contribution in [0.25, 0.3) is 0 Å². The van der Waals surface area contributed by atoms with E-state index in [1.165, 1.54) is 4.90 Å². The van der Waals surface area contributed by atoms with Gasteiger partial charge in [-0.25, -0.2) is 0 Å². The number of rotatable bonds is 5. The van der Waals surface area contributed by atoms with E-state index in [1.54, 1.807) is 7.05 Å². The third-order valence-corrected chi connectivity index (χ3v) is 4.66. The van der Waals surface area contributed by atoms with Gasteiger partial charge in [-0.1, -0.05) is 17.7 Å². The minimum Gasteiger partial charge on any atom is -0.327 e. The third-order valence-electron chi connectivity index (χ3n) is 4.66. The molecule has 116 valence electrons. The van der Waals surface area contributed by atoms with Crippen molar-refractivity contribution in [3.05, 3.63) is 34.9 Å². The predicted molar refractivity (Wildman–Crippen MR) is 84.4 cm³/mol. The number of Topliss-reactive ketones (excluding diaryl/α,β-unsaturated/α-hetero) is 1. The first-order valence-electron chi connectivity index (χ1n) is 7.68. The van der Waals surface area contributed by atoms with E-state index in [0.29, 0.717) is 5.56 Å². The van der Waals surface area contributed by atoms with E-state index in [2.05, 4.69) is 6.07 Å². The van der Waals surface area contributed by atoms with Crippen LogP contribution in [0.3, 0.4) is 0 Å². The van der Waals surface area contributed by atoms with Gasteiger partial charge in [0.25, 0.3) is 0 Å². The molecule has 0 bridgehead atoms. The zero-order valence-corrected chi connectivity index (χ0v) is 13.5. The number of hydrogen-bond acceptors (Lipinski definition) is 3. The highest BCUT2D eigenvalue weighted by Crippen LogP contribution is 2.36. The van der Waals surface area contributed by atoms with Crippen molar-refractivity contribution < 1.29 is 9.59 Å². The molecule has 0 spiro atoms. The molecule has 1 aliphatic rings. The molecule has 1 aromatic carbocycles. The molecule has 0 radical (unpaired) electrons. The number of amides is 1. The van der Waals surface area contributed by atoms with E-state index in [-0.39, 0.29) is 24.5 Å². The molecule has 0 aromatic heterocycles. The van der Waals surface area contributed by atoms with Crippen LogP contribution in [0.1, 0.15) is 53.6 Å². The lowest BCUT2D eigenvalue weighted by atomic mass is 9.76. The first-order chi connectivity index (χ1) is 10.4. The highest BCUT2D eigenvalue weighted by atomic mass is 16.2. The summed E-state index contributed by atoms with van der Waals surface area (Å²) < 4.78 is 0. The smallest absolute Gasteiger partial charge is 0.224 e. The van der Waals surface area contributed by atoms with Gasteiger partial charge >= 0.3 is 0 Å². The average Bonchev–Trinajstić information content (AvgIpc) is 2.46. The Hall–Kier alpha value is -2.15. The number of carbonyl (C=O) groups is 2. The lowest BCUT2D eigenvalue weighted by Gasteiger charge is -2.43. The van der Waals surface area contributed by atoms with Crippen molar-refractivity contribution >= 4 is 11.7 Å². The first-order valence-corrected chi connectivity index (χ1v) is 7.68. The van der Waals surface area contributed by atoms with Gasteiger partial charge in [0, 0.05) is 25.5 Å². The van der Waals surface area contributed by atoms with E-state index in [1.807, 2.05) is 32.0 Å². The van der Waals surface area contributed by atoms with Crippen LogP contribution < -0.4 is 0 Å². The van der Waals surface area contributed by atoms with Crippen LogP contribution in [0.4, 0.5) is 0 Å². The monoisotopic (exact) mass is 298 g/mol. The van der Waals surface area contributed by atoms with Crippen molar-refractivity contribution in [2.45, 2.75) is 51.5 Å². The van der Waals surface area contributed by atoms with E-state index >= 15 is 0 Å². The molecule has 0 N–H and O–H groups in total. The highest BCUT2D eigenvalue weighted by Gasteiger charge is 2.43. The number of aryl methyl sites for hydroxylation is 2. The summed E-state index contributed by atoms with van der Waals surface area (Å²) in [6.07, 6.45) is 2.79. The van der Waals surface area contributed by atoms with E-state index in [9.17, 15) is 14.9 Å². The molecule has 2 rings (SSSR count). The van der Waals surface area contributed by atoms with Gasteiger partial charge in [-0.3, -0.25) is 9.59 Å². The molecule has 0 heterocycles. The minimum atomic E-state index is -0.640. The second-order valence-corrected chi connectivity index (χ2v) is 6.19. The fraction of sp³-hybridized carbons (Fsp3) is 0.500. The number of carbonyl (C=O) groups excluding carboxylic acids is 2. The van der Waals surface area contributed by atoms with Gasteiger partial charge in [0.1, 0.15) is 5.54 Å². The summed E-state index contributed by atoms with van der Waals surface area (Å²) >= 11 is 0. The highest BCUT2D eigenvalue weighted by molar-refractivity contribution is 5.99. The van der Waals surface area contributed by atoms with Crippen LogP contribution in [0.2, 0.25) is 0 Å².